The number of pyridine rings is 1. The van der Waals surface area contributed by atoms with Crippen LogP contribution in [0, 0.1) is 0 Å². The first-order valence-electron chi connectivity index (χ1n) is 10.0. The van der Waals surface area contributed by atoms with Crippen LogP contribution in [0.25, 0.3) is 0 Å². The van der Waals surface area contributed by atoms with Gasteiger partial charge in [-0.15, -0.1) is 0 Å². The largest absolute Gasteiger partial charge is 0.475 e. The van der Waals surface area contributed by atoms with Gasteiger partial charge in [-0.3, -0.25) is 0 Å². The minimum Gasteiger partial charge on any atom is -0.475 e. The number of allylic oxidation sites excluding steroid dienone is 1. The Hall–Kier alpha value is -3.03. The fraction of sp³-hybridized carbons (Fsp3) is 0.391. The van der Waals surface area contributed by atoms with Crippen molar-refractivity contribution in [2.75, 3.05) is 5.32 Å². The normalized spacial score (nSPS) is 16.3. The first kappa shape index (κ1) is 22.7. The summed E-state index contributed by atoms with van der Waals surface area (Å²) in [5, 5.41) is 3.11. The summed E-state index contributed by atoms with van der Waals surface area (Å²) in [4.78, 5) is 17.3. The number of ether oxygens (including phenoxy) is 2. The molecule has 3 rings (SSSR count). The van der Waals surface area contributed by atoms with E-state index in [-0.39, 0.29) is 23.1 Å². The molecule has 0 aliphatic carbocycles. The molecule has 1 aliphatic rings. The average Bonchev–Trinajstić information content (AvgIpc) is 2.65. The summed E-state index contributed by atoms with van der Waals surface area (Å²) in [6.07, 6.45) is -3.80. The number of aromatic nitrogens is 1. The van der Waals surface area contributed by atoms with Crippen LogP contribution in [0.15, 0.2) is 47.8 Å². The van der Waals surface area contributed by atoms with Crippen LogP contribution in [0.4, 0.5) is 18.9 Å². The second-order valence-corrected chi connectivity index (χ2v) is 7.88. The molecular formula is C23H25F3N2O3. The van der Waals surface area contributed by atoms with Crippen LogP contribution in [-0.2, 0) is 15.7 Å². The highest BCUT2D eigenvalue weighted by Crippen LogP contribution is 2.49. The van der Waals surface area contributed by atoms with Gasteiger partial charge in [-0.1, -0.05) is 18.2 Å². The first-order chi connectivity index (χ1) is 14.5. The van der Waals surface area contributed by atoms with E-state index in [1.807, 2.05) is 0 Å². The van der Waals surface area contributed by atoms with Crippen molar-refractivity contribution in [1.29, 1.82) is 0 Å². The molecule has 2 aromatic rings. The molecule has 1 aliphatic heterocycles. The van der Waals surface area contributed by atoms with Gasteiger partial charge >= 0.3 is 12.1 Å². The molecule has 1 aromatic heterocycles. The number of halogens is 3. The Morgan fingerprint density at radius 1 is 1.10 bits per heavy atom. The van der Waals surface area contributed by atoms with Gasteiger partial charge in [-0.25, -0.2) is 9.78 Å². The molecule has 0 spiro atoms. The molecule has 8 heteroatoms. The summed E-state index contributed by atoms with van der Waals surface area (Å²) in [5.74, 6) is -1.58. The van der Waals surface area contributed by atoms with Crippen LogP contribution in [0.1, 0.15) is 57.2 Å². The zero-order valence-corrected chi connectivity index (χ0v) is 18.0. The molecule has 0 saturated carbocycles. The van der Waals surface area contributed by atoms with Gasteiger partial charge in [0.1, 0.15) is 0 Å². The van der Waals surface area contributed by atoms with Crippen molar-refractivity contribution in [3.63, 3.8) is 0 Å². The van der Waals surface area contributed by atoms with E-state index in [1.54, 1.807) is 40.7 Å². The van der Waals surface area contributed by atoms with Gasteiger partial charge in [0.05, 0.1) is 29.3 Å². The van der Waals surface area contributed by atoms with Crippen LogP contribution >= 0.6 is 0 Å². The maximum absolute atomic E-state index is 13.9. The van der Waals surface area contributed by atoms with Gasteiger partial charge < -0.3 is 14.8 Å². The van der Waals surface area contributed by atoms with Crippen LogP contribution in [0.3, 0.4) is 0 Å². The molecule has 0 amide bonds. The van der Waals surface area contributed by atoms with E-state index in [2.05, 4.69) is 10.3 Å². The lowest BCUT2D eigenvalue weighted by atomic mass is 9.79. The monoisotopic (exact) mass is 434 g/mol. The lowest BCUT2D eigenvalue weighted by molar-refractivity contribution is -0.143. The van der Waals surface area contributed by atoms with Gasteiger partial charge in [0, 0.05) is 23.1 Å². The number of rotatable bonds is 5. The fourth-order valence-corrected chi connectivity index (χ4v) is 3.66. The Balaban J connectivity index is 2.32. The third-order valence-electron chi connectivity index (χ3n) is 4.74. The summed E-state index contributed by atoms with van der Waals surface area (Å²) in [7, 11) is 0. The lowest BCUT2D eigenvalue weighted by Gasteiger charge is -2.33. The van der Waals surface area contributed by atoms with E-state index in [1.165, 1.54) is 24.4 Å². The van der Waals surface area contributed by atoms with Crippen molar-refractivity contribution in [3.05, 3.63) is 64.5 Å². The molecule has 0 fully saturated rings. The second-order valence-electron chi connectivity index (χ2n) is 7.88. The van der Waals surface area contributed by atoms with Crippen molar-refractivity contribution in [3.8, 4) is 5.88 Å². The molecule has 31 heavy (non-hydrogen) atoms. The van der Waals surface area contributed by atoms with E-state index >= 15 is 0 Å². The van der Waals surface area contributed by atoms with E-state index in [0.717, 1.165) is 6.07 Å². The van der Waals surface area contributed by atoms with Crippen molar-refractivity contribution in [2.45, 2.75) is 58.9 Å². The molecule has 1 aromatic carbocycles. The fourth-order valence-electron chi connectivity index (χ4n) is 3.66. The summed E-state index contributed by atoms with van der Waals surface area (Å²) >= 11 is 0. The number of hydrogen-bond acceptors (Lipinski definition) is 5. The maximum Gasteiger partial charge on any atom is 0.416 e. The number of esters is 1. The molecule has 0 radical (unpaired) electrons. The topological polar surface area (TPSA) is 60.5 Å². The Kier molecular flexibility index (Phi) is 6.29. The number of nitrogens with zero attached hydrogens (tertiary/aromatic N) is 1. The highest BCUT2D eigenvalue weighted by atomic mass is 19.4. The summed E-state index contributed by atoms with van der Waals surface area (Å²) in [6.45, 7) is 8.61. The Morgan fingerprint density at radius 2 is 1.77 bits per heavy atom. The third kappa shape index (κ3) is 4.68. The number of benzene rings is 1. The van der Waals surface area contributed by atoms with Crippen molar-refractivity contribution in [2.24, 2.45) is 0 Å². The van der Waals surface area contributed by atoms with Gasteiger partial charge in [0.15, 0.2) is 0 Å². The molecule has 5 nitrogen and oxygen atoms in total. The Labute approximate surface area is 179 Å². The summed E-state index contributed by atoms with van der Waals surface area (Å²) < 4.78 is 53.0. The number of nitrogens with one attached hydrogen (secondary N) is 1. The average molecular weight is 434 g/mol. The Morgan fingerprint density at radius 3 is 2.39 bits per heavy atom. The van der Waals surface area contributed by atoms with Crippen LogP contribution in [0.5, 0.6) is 5.88 Å². The molecule has 0 bridgehead atoms. The van der Waals surface area contributed by atoms with E-state index in [0.29, 0.717) is 16.9 Å². The molecule has 1 unspecified atom stereocenters. The predicted octanol–water partition coefficient (Wildman–Crippen LogP) is 5.67. The van der Waals surface area contributed by atoms with Crippen molar-refractivity contribution >= 4 is 11.7 Å². The zero-order chi connectivity index (χ0) is 22.9. The molecule has 0 saturated heterocycles. The predicted molar refractivity (Wildman–Crippen MR) is 111 cm³/mol. The number of hydrogen-bond donors (Lipinski definition) is 1. The van der Waals surface area contributed by atoms with Gasteiger partial charge in [-0.05, 0) is 52.3 Å². The van der Waals surface area contributed by atoms with Gasteiger partial charge in [-0.2, -0.15) is 13.2 Å². The van der Waals surface area contributed by atoms with Crippen molar-refractivity contribution < 1.29 is 27.4 Å². The molecule has 166 valence electrons. The number of carbonyl (C=O) groups is 1. The molecular weight excluding hydrogens is 409 g/mol. The maximum atomic E-state index is 13.9. The highest BCUT2D eigenvalue weighted by molar-refractivity contribution is 5.95. The minimum absolute atomic E-state index is 0.0607. The molecule has 2 heterocycles. The third-order valence-corrected chi connectivity index (χ3v) is 4.74. The quantitative estimate of drug-likeness (QED) is 0.615. The van der Waals surface area contributed by atoms with Gasteiger partial charge in [0.2, 0.25) is 5.88 Å². The van der Waals surface area contributed by atoms with Crippen LogP contribution < -0.4 is 10.1 Å². The second kappa shape index (κ2) is 8.61. The standard InChI is InChI=1S/C23H25F3N2O3/c1-12(2)30-21-20-17(10-11-27-21)28-14(5)18(22(29)31-13(3)4)19(20)15-8-6-7-9-16(15)23(24,25)26/h6-13,19,28H,1-5H3. The molecule has 1 N–H and O–H groups in total. The number of anilines is 1. The van der Waals surface area contributed by atoms with Crippen LogP contribution in [-0.4, -0.2) is 23.2 Å². The lowest BCUT2D eigenvalue weighted by Crippen LogP contribution is -2.28. The van der Waals surface area contributed by atoms with E-state index in [4.69, 9.17) is 9.47 Å². The minimum atomic E-state index is -4.61. The smallest absolute Gasteiger partial charge is 0.416 e. The summed E-state index contributed by atoms with van der Waals surface area (Å²) in [6, 6.07) is 6.89. The Bertz CT molecular complexity index is 1010. The highest BCUT2D eigenvalue weighted by Gasteiger charge is 2.42. The van der Waals surface area contributed by atoms with Crippen LogP contribution in [0.2, 0.25) is 0 Å². The van der Waals surface area contributed by atoms with Crippen molar-refractivity contribution in [1.82, 2.24) is 4.98 Å². The zero-order valence-electron chi connectivity index (χ0n) is 18.0. The SMILES string of the molecule is CC1=C(C(=O)OC(C)C)C(c2ccccc2C(F)(F)F)c2c(ccnc2OC(C)C)N1. The first-order valence-corrected chi connectivity index (χ1v) is 10.0. The van der Waals surface area contributed by atoms with Gasteiger partial charge in [0.25, 0.3) is 0 Å². The number of carbonyl (C=O) groups excluding carboxylic acids is 1. The summed E-state index contributed by atoms with van der Waals surface area (Å²) in [5.41, 5.74) is 0.533. The number of alkyl halides is 3. The van der Waals surface area contributed by atoms with E-state index < -0.39 is 29.7 Å². The molecule has 1 atom stereocenters. The number of fused-ring (bicyclic) bond motifs is 1. The van der Waals surface area contributed by atoms with E-state index in [9.17, 15) is 18.0 Å².